The Kier molecular flexibility index (Phi) is 6.26. The molecule has 0 bridgehead atoms. The smallest absolute Gasteiger partial charge is 0.410 e. The zero-order valence-corrected chi connectivity index (χ0v) is 15.9. The largest absolute Gasteiger partial charge is 0.447 e. The Labute approximate surface area is 150 Å². The van der Waals surface area contributed by atoms with E-state index in [1.165, 1.54) is 0 Å². The van der Waals surface area contributed by atoms with E-state index in [1.807, 2.05) is 39.0 Å². The number of amides is 2. The summed E-state index contributed by atoms with van der Waals surface area (Å²) in [6.07, 6.45) is 1.13. The highest BCUT2D eigenvalue weighted by Gasteiger charge is 2.26. The van der Waals surface area contributed by atoms with Crippen LogP contribution in [0.4, 0.5) is 4.79 Å². The maximum Gasteiger partial charge on any atom is 0.410 e. The molecular formula is C17H23IN2O3. The molecule has 1 aromatic carbocycles. The topological polar surface area (TPSA) is 58.6 Å². The molecule has 0 atom stereocenters. The predicted octanol–water partition coefficient (Wildman–Crippen LogP) is 3.34. The van der Waals surface area contributed by atoms with Crippen LogP contribution in [0.3, 0.4) is 0 Å². The van der Waals surface area contributed by atoms with Crippen molar-refractivity contribution in [3.05, 3.63) is 32.9 Å². The molecule has 0 radical (unpaired) electrons. The van der Waals surface area contributed by atoms with Gasteiger partial charge in [-0.15, -0.1) is 0 Å². The standard InChI is InChI=1S/C17H23IN2O3/c1-11(2)23-17(22)20-9-7-13(8-10-20)19-16(21)15-12(3)5-4-6-14(15)18/h4-6,11,13H,7-10H2,1-3H3,(H,19,21). The van der Waals surface area contributed by atoms with Crippen molar-refractivity contribution in [1.29, 1.82) is 0 Å². The van der Waals surface area contributed by atoms with E-state index in [0.29, 0.717) is 13.1 Å². The summed E-state index contributed by atoms with van der Waals surface area (Å²) in [6, 6.07) is 5.93. The molecule has 1 N–H and O–H groups in total. The Balaban J connectivity index is 1.89. The number of hydrogen-bond acceptors (Lipinski definition) is 3. The van der Waals surface area contributed by atoms with Crippen LogP contribution in [0.25, 0.3) is 0 Å². The highest BCUT2D eigenvalue weighted by molar-refractivity contribution is 14.1. The number of nitrogens with zero attached hydrogens (tertiary/aromatic N) is 1. The lowest BCUT2D eigenvalue weighted by molar-refractivity contribution is 0.0668. The van der Waals surface area contributed by atoms with E-state index in [0.717, 1.165) is 27.5 Å². The molecule has 2 amide bonds. The summed E-state index contributed by atoms with van der Waals surface area (Å²) in [5, 5.41) is 3.09. The third kappa shape index (κ3) is 4.83. The van der Waals surface area contributed by atoms with Crippen molar-refractivity contribution >= 4 is 34.6 Å². The number of ether oxygens (including phenoxy) is 1. The molecule has 0 aromatic heterocycles. The van der Waals surface area contributed by atoms with Gasteiger partial charge in [-0.3, -0.25) is 4.79 Å². The first-order valence-electron chi connectivity index (χ1n) is 7.90. The van der Waals surface area contributed by atoms with Gasteiger partial charge >= 0.3 is 6.09 Å². The van der Waals surface area contributed by atoms with E-state index in [-0.39, 0.29) is 24.1 Å². The minimum atomic E-state index is -0.266. The number of aryl methyl sites for hydroxylation is 1. The molecule has 126 valence electrons. The van der Waals surface area contributed by atoms with E-state index in [2.05, 4.69) is 27.9 Å². The fourth-order valence-corrected chi connectivity index (χ4v) is 3.54. The Morgan fingerprint density at radius 3 is 2.52 bits per heavy atom. The van der Waals surface area contributed by atoms with E-state index in [9.17, 15) is 9.59 Å². The molecule has 1 fully saturated rings. The molecule has 2 rings (SSSR count). The molecule has 1 saturated heterocycles. The molecule has 1 aliphatic rings. The summed E-state index contributed by atoms with van der Waals surface area (Å²) in [6.45, 7) is 6.85. The molecule has 0 aliphatic carbocycles. The van der Waals surface area contributed by atoms with Crippen molar-refractivity contribution in [2.24, 2.45) is 0 Å². The zero-order chi connectivity index (χ0) is 17.0. The number of nitrogens with one attached hydrogen (secondary N) is 1. The van der Waals surface area contributed by atoms with Gasteiger partial charge in [-0.1, -0.05) is 12.1 Å². The van der Waals surface area contributed by atoms with Crippen molar-refractivity contribution in [3.63, 3.8) is 0 Å². The number of piperidine rings is 1. The van der Waals surface area contributed by atoms with Crippen LogP contribution in [0, 0.1) is 10.5 Å². The highest BCUT2D eigenvalue weighted by Crippen LogP contribution is 2.18. The van der Waals surface area contributed by atoms with Crippen molar-refractivity contribution in [2.75, 3.05) is 13.1 Å². The van der Waals surface area contributed by atoms with Crippen LogP contribution in [-0.4, -0.2) is 42.1 Å². The highest BCUT2D eigenvalue weighted by atomic mass is 127. The van der Waals surface area contributed by atoms with Crippen LogP contribution in [0.5, 0.6) is 0 Å². The molecule has 23 heavy (non-hydrogen) atoms. The van der Waals surface area contributed by atoms with Crippen LogP contribution in [-0.2, 0) is 4.74 Å². The Morgan fingerprint density at radius 1 is 1.30 bits per heavy atom. The number of carbonyl (C=O) groups is 2. The second-order valence-electron chi connectivity index (χ2n) is 6.10. The second kappa shape index (κ2) is 7.99. The van der Waals surface area contributed by atoms with E-state index < -0.39 is 0 Å². The molecular weight excluding hydrogens is 407 g/mol. The Morgan fingerprint density at radius 2 is 1.96 bits per heavy atom. The van der Waals surface area contributed by atoms with Gasteiger partial charge in [0.15, 0.2) is 0 Å². The van der Waals surface area contributed by atoms with Gasteiger partial charge in [0.25, 0.3) is 5.91 Å². The third-order valence-electron chi connectivity index (χ3n) is 3.87. The summed E-state index contributed by atoms with van der Waals surface area (Å²) in [7, 11) is 0. The number of hydrogen-bond donors (Lipinski definition) is 1. The molecule has 0 saturated carbocycles. The van der Waals surface area contributed by atoms with E-state index in [1.54, 1.807) is 4.90 Å². The number of halogens is 1. The fourth-order valence-electron chi connectivity index (χ4n) is 2.66. The van der Waals surface area contributed by atoms with Gasteiger partial charge < -0.3 is 15.0 Å². The van der Waals surface area contributed by atoms with Gasteiger partial charge in [-0.05, 0) is 67.8 Å². The van der Waals surface area contributed by atoms with Gasteiger partial charge in [0.2, 0.25) is 0 Å². The molecule has 1 aromatic rings. The quantitative estimate of drug-likeness (QED) is 0.749. The number of rotatable bonds is 3. The lowest BCUT2D eigenvalue weighted by Crippen LogP contribution is -2.47. The molecule has 5 nitrogen and oxygen atoms in total. The molecule has 0 unspecified atom stereocenters. The van der Waals surface area contributed by atoms with E-state index >= 15 is 0 Å². The maximum absolute atomic E-state index is 12.5. The van der Waals surface area contributed by atoms with Gasteiger partial charge in [-0.2, -0.15) is 0 Å². The monoisotopic (exact) mass is 430 g/mol. The minimum Gasteiger partial charge on any atom is -0.447 e. The molecule has 0 spiro atoms. The number of carbonyl (C=O) groups excluding carboxylic acids is 2. The van der Waals surface area contributed by atoms with Gasteiger partial charge in [0.1, 0.15) is 0 Å². The van der Waals surface area contributed by atoms with E-state index in [4.69, 9.17) is 4.74 Å². The van der Waals surface area contributed by atoms with Crippen molar-refractivity contribution in [2.45, 2.75) is 45.8 Å². The van der Waals surface area contributed by atoms with Crippen molar-refractivity contribution in [1.82, 2.24) is 10.2 Å². The predicted molar refractivity (Wildman–Crippen MR) is 97.6 cm³/mol. The average Bonchev–Trinajstić information content (AvgIpc) is 2.47. The van der Waals surface area contributed by atoms with Crippen molar-refractivity contribution < 1.29 is 14.3 Å². The lowest BCUT2D eigenvalue weighted by Gasteiger charge is -2.32. The number of likely N-dealkylation sites (tertiary alicyclic amines) is 1. The van der Waals surface area contributed by atoms with Gasteiger partial charge in [-0.25, -0.2) is 4.79 Å². The average molecular weight is 430 g/mol. The lowest BCUT2D eigenvalue weighted by atomic mass is 10.0. The SMILES string of the molecule is Cc1cccc(I)c1C(=O)NC1CCN(C(=O)OC(C)C)CC1. The third-order valence-corrected chi connectivity index (χ3v) is 4.77. The van der Waals surface area contributed by atoms with Crippen LogP contribution in [0.2, 0.25) is 0 Å². The zero-order valence-electron chi connectivity index (χ0n) is 13.8. The first-order chi connectivity index (χ1) is 10.9. The molecule has 6 heteroatoms. The normalized spacial score (nSPS) is 15.6. The molecule has 1 aliphatic heterocycles. The van der Waals surface area contributed by atoms with Gasteiger partial charge in [0, 0.05) is 22.7 Å². The van der Waals surface area contributed by atoms with Crippen LogP contribution in [0.1, 0.15) is 42.6 Å². The second-order valence-corrected chi connectivity index (χ2v) is 7.26. The summed E-state index contributed by atoms with van der Waals surface area (Å²) in [5.74, 6) is -0.0318. The summed E-state index contributed by atoms with van der Waals surface area (Å²) < 4.78 is 6.16. The van der Waals surface area contributed by atoms with Crippen LogP contribution in [0.15, 0.2) is 18.2 Å². The fraction of sp³-hybridized carbons (Fsp3) is 0.529. The molecule has 1 heterocycles. The first kappa shape index (κ1) is 18.0. The summed E-state index contributed by atoms with van der Waals surface area (Å²) >= 11 is 2.19. The Hall–Kier alpha value is -1.31. The van der Waals surface area contributed by atoms with Crippen LogP contribution < -0.4 is 5.32 Å². The number of benzene rings is 1. The van der Waals surface area contributed by atoms with Crippen molar-refractivity contribution in [3.8, 4) is 0 Å². The van der Waals surface area contributed by atoms with Crippen LogP contribution >= 0.6 is 22.6 Å². The maximum atomic E-state index is 12.5. The summed E-state index contributed by atoms with van der Waals surface area (Å²) in [5.41, 5.74) is 1.72. The Bertz CT molecular complexity index is 561. The first-order valence-corrected chi connectivity index (χ1v) is 8.98. The summed E-state index contributed by atoms with van der Waals surface area (Å²) in [4.78, 5) is 26.1. The minimum absolute atomic E-state index is 0.0318. The van der Waals surface area contributed by atoms with Gasteiger partial charge in [0.05, 0.1) is 11.7 Å².